The molecule has 0 aliphatic rings. The number of rotatable bonds is 4. The first-order valence-corrected chi connectivity index (χ1v) is 5.91. The number of anilines is 1. The van der Waals surface area contributed by atoms with E-state index in [-0.39, 0.29) is 0 Å². The topological polar surface area (TPSA) is 61.6 Å². The predicted octanol–water partition coefficient (Wildman–Crippen LogP) is 2.84. The maximum absolute atomic E-state index is 8.85. The van der Waals surface area contributed by atoms with Crippen molar-refractivity contribution in [2.24, 2.45) is 0 Å². The minimum atomic E-state index is 0.627. The predicted molar refractivity (Wildman–Crippen MR) is 71.0 cm³/mol. The van der Waals surface area contributed by atoms with Gasteiger partial charge in [0.25, 0.3) is 0 Å². The molecule has 1 aromatic carbocycles. The molecule has 0 amide bonds. The van der Waals surface area contributed by atoms with Gasteiger partial charge in [-0.2, -0.15) is 5.26 Å². The van der Waals surface area contributed by atoms with Crippen molar-refractivity contribution in [3.05, 3.63) is 42.0 Å². The molecule has 2 aromatic rings. The summed E-state index contributed by atoms with van der Waals surface area (Å²) in [5.41, 5.74) is 2.31. The summed E-state index contributed by atoms with van der Waals surface area (Å²) in [4.78, 5) is 0. The molecule has 0 saturated heterocycles. The largest absolute Gasteiger partial charge is 0.369 e. The second kappa shape index (κ2) is 5.78. The summed E-state index contributed by atoms with van der Waals surface area (Å²) in [5, 5.41) is 20.3. The van der Waals surface area contributed by atoms with Crippen molar-refractivity contribution in [1.29, 1.82) is 5.26 Å². The Morgan fingerprint density at radius 3 is 2.78 bits per heavy atom. The van der Waals surface area contributed by atoms with Crippen LogP contribution in [0.25, 0.3) is 11.3 Å². The van der Waals surface area contributed by atoms with Crippen LogP contribution < -0.4 is 5.32 Å². The summed E-state index contributed by atoms with van der Waals surface area (Å²) in [6, 6.07) is 13.3. The number of hydrogen-bond acceptors (Lipinski definition) is 4. The van der Waals surface area contributed by atoms with Crippen LogP contribution in [0.5, 0.6) is 0 Å². The molecule has 18 heavy (non-hydrogen) atoms. The highest BCUT2D eigenvalue weighted by Gasteiger charge is 2.01. The SMILES string of the molecule is CCCNc1ccc(-c2cccc(C#N)c2)nn1. The first kappa shape index (κ1) is 12.1. The average molecular weight is 238 g/mol. The zero-order chi connectivity index (χ0) is 12.8. The third-order valence-corrected chi connectivity index (χ3v) is 2.51. The molecule has 0 saturated carbocycles. The van der Waals surface area contributed by atoms with Crippen LogP contribution in [-0.2, 0) is 0 Å². The zero-order valence-electron chi connectivity index (χ0n) is 10.2. The third-order valence-electron chi connectivity index (χ3n) is 2.51. The standard InChI is InChI=1S/C14H14N4/c1-2-8-16-14-7-6-13(17-18-14)12-5-3-4-11(9-12)10-15/h3-7,9H,2,8H2,1H3,(H,16,18). The van der Waals surface area contributed by atoms with Crippen molar-refractivity contribution in [3.63, 3.8) is 0 Å². The molecule has 1 N–H and O–H groups in total. The van der Waals surface area contributed by atoms with Gasteiger partial charge in [0.15, 0.2) is 0 Å². The number of nitrogens with zero attached hydrogens (tertiary/aromatic N) is 3. The van der Waals surface area contributed by atoms with Gasteiger partial charge in [-0.1, -0.05) is 19.1 Å². The second-order valence-corrected chi connectivity index (χ2v) is 3.92. The molecule has 0 atom stereocenters. The molecule has 0 aliphatic carbocycles. The van der Waals surface area contributed by atoms with Gasteiger partial charge in [-0.25, -0.2) is 0 Å². The molecule has 0 aliphatic heterocycles. The number of aromatic nitrogens is 2. The molecule has 90 valence electrons. The van der Waals surface area contributed by atoms with Crippen LogP contribution in [0.4, 0.5) is 5.82 Å². The fourth-order valence-corrected chi connectivity index (χ4v) is 1.58. The van der Waals surface area contributed by atoms with Gasteiger partial charge in [0, 0.05) is 12.1 Å². The van der Waals surface area contributed by atoms with Gasteiger partial charge < -0.3 is 5.32 Å². The first-order valence-electron chi connectivity index (χ1n) is 5.91. The summed E-state index contributed by atoms with van der Waals surface area (Å²) in [6.07, 6.45) is 1.05. The fraction of sp³-hybridized carbons (Fsp3) is 0.214. The molecular formula is C14H14N4. The smallest absolute Gasteiger partial charge is 0.148 e. The molecule has 0 spiro atoms. The Hall–Kier alpha value is -2.41. The molecule has 2 rings (SSSR count). The van der Waals surface area contributed by atoms with E-state index in [1.807, 2.05) is 30.3 Å². The van der Waals surface area contributed by atoms with Gasteiger partial charge in [-0.15, -0.1) is 10.2 Å². The lowest BCUT2D eigenvalue weighted by Gasteiger charge is -2.04. The van der Waals surface area contributed by atoms with Crippen molar-refractivity contribution >= 4 is 5.82 Å². The van der Waals surface area contributed by atoms with Crippen LogP contribution in [0.15, 0.2) is 36.4 Å². The number of nitriles is 1. The van der Waals surface area contributed by atoms with Gasteiger partial charge in [0.2, 0.25) is 0 Å². The van der Waals surface area contributed by atoms with Gasteiger partial charge in [-0.05, 0) is 30.7 Å². The Kier molecular flexibility index (Phi) is 3.87. The molecule has 0 unspecified atom stereocenters. The van der Waals surface area contributed by atoms with Crippen LogP contribution >= 0.6 is 0 Å². The van der Waals surface area contributed by atoms with E-state index >= 15 is 0 Å². The fourth-order valence-electron chi connectivity index (χ4n) is 1.58. The quantitative estimate of drug-likeness (QED) is 0.889. The maximum atomic E-state index is 8.85. The van der Waals surface area contributed by atoms with Crippen LogP contribution in [-0.4, -0.2) is 16.7 Å². The van der Waals surface area contributed by atoms with E-state index in [1.54, 1.807) is 6.07 Å². The summed E-state index contributed by atoms with van der Waals surface area (Å²) in [6.45, 7) is 2.99. The molecule has 4 nitrogen and oxygen atoms in total. The summed E-state index contributed by atoms with van der Waals surface area (Å²) in [7, 11) is 0. The number of nitrogens with one attached hydrogen (secondary N) is 1. The first-order chi connectivity index (χ1) is 8.83. The Morgan fingerprint density at radius 2 is 2.11 bits per heavy atom. The van der Waals surface area contributed by atoms with Crippen LogP contribution in [0.3, 0.4) is 0 Å². The summed E-state index contributed by atoms with van der Waals surface area (Å²) in [5.74, 6) is 0.775. The Morgan fingerprint density at radius 1 is 1.22 bits per heavy atom. The van der Waals surface area contributed by atoms with Gasteiger partial charge in [0.05, 0.1) is 17.3 Å². The van der Waals surface area contributed by atoms with Crippen LogP contribution in [0.2, 0.25) is 0 Å². The van der Waals surface area contributed by atoms with Gasteiger partial charge in [-0.3, -0.25) is 0 Å². The number of benzene rings is 1. The maximum Gasteiger partial charge on any atom is 0.148 e. The molecule has 4 heteroatoms. The van der Waals surface area contributed by atoms with Crippen LogP contribution in [0.1, 0.15) is 18.9 Å². The lowest BCUT2D eigenvalue weighted by atomic mass is 10.1. The highest BCUT2D eigenvalue weighted by Crippen LogP contribution is 2.18. The van der Waals surface area contributed by atoms with Gasteiger partial charge >= 0.3 is 0 Å². The second-order valence-electron chi connectivity index (χ2n) is 3.92. The third kappa shape index (κ3) is 2.83. The van der Waals surface area contributed by atoms with Gasteiger partial charge in [0.1, 0.15) is 5.82 Å². The molecular weight excluding hydrogens is 224 g/mol. The Balaban J connectivity index is 2.21. The van der Waals surface area contributed by atoms with E-state index in [0.717, 1.165) is 30.0 Å². The molecule has 1 aromatic heterocycles. The minimum Gasteiger partial charge on any atom is -0.369 e. The minimum absolute atomic E-state index is 0.627. The highest BCUT2D eigenvalue weighted by molar-refractivity contribution is 5.61. The van der Waals surface area contributed by atoms with Crippen molar-refractivity contribution in [1.82, 2.24) is 10.2 Å². The van der Waals surface area contributed by atoms with Crippen LogP contribution in [0, 0.1) is 11.3 Å². The van der Waals surface area contributed by atoms with Crippen molar-refractivity contribution < 1.29 is 0 Å². The Bertz CT molecular complexity index is 555. The van der Waals surface area contributed by atoms with E-state index in [1.165, 1.54) is 0 Å². The lowest BCUT2D eigenvalue weighted by Crippen LogP contribution is -2.02. The van der Waals surface area contributed by atoms with E-state index < -0.39 is 0 Å². The molecule has 0 bridgehead atoms. The zero-order valence-corrected chi connectivity index (χ0v) is 10.2. The van der Waals surface area contributed by atoms with Crippen molar-refractivity contribution in [2.45, 2.75) is 13.3 Å². The Labute approximate surface area is 106 Å². The van der Waals surface area contributed by atoms with Crippen molar-refractivity contribution in [3.8, 4) is 17.3 Å². The highest BCUT2D eigenvalue weighted by atomic mass is 15.2. The van der Waals surface area contributed by atoms with E-state index in [9.17, 15) is 0 Å². The normalized spacial score (nSPS) is 9.78. The molecule has 1 heterocycles. The summed E-state index contributed by atoms with van der Waals surface area (Å²) >= 11 is 0. The van der Waals surface area contributed by atoms with E-state index in [0.29, 0.717) is 5.56 Å². The molecule has 0 radical (unpaired) electrons. The monoisotopic (exact) mass is 238 g/mol. The lowest BCUT2D eigenvalue weighted by molar-refractivity contribution is 0.945. The van der Waals surface area contributed by atoms with E-state index in [4.69, 9.17) is 5.26 Å². The number of hydrogen-bond donors (Lipinski definition) is 1. The molecule has 0 fully saturated rings. The average Bonchev–Trinajstić information content (AvgIpc) is 2.46. The van der Waals surface area contributed by atoms with E-state index in [2.05, 4.69) is 28.5 Å². The summed E-state index contributed by atoms with van der Waals surface area (Å²) < 4.78 is 0. The van der Waals surface area contributed by atoms with Crippen molar-refractivity contribution in [2.75, 3.05) is 11.9 Å².